The number of hydrogen-bond donors (Lipinski definition) is 0. The summed E-state index contributed by atoms with van der Waals surface area (Å²) in [5, 5.41) is 1.60. The smallest absolute Gasteiger partial charge is 0.233 e. The number of imidazole rings is 1. The van der Waals surface area contributed by atoms with Gasteiger partial charge in [-0.2, -0.15) is 0 Å². The van der Waals surface area contributed by atoms with E-state index in [2.05, 4.69) is 18.4 Å². The SMILES string of the molecule is CCCn1c(SCC(=O)N2CCCC(C)C2)nc2cc(Cl)ccc21. The Morgan fingerprint density at radius 3 is 3.04 bits per heavy atom. The van der Waals surface area contributed by atoms with Gasteiger partial charge in [0.15, 0.2) is 5.16 Å². The van der Waals surface area contributed by atoms with Crippen LogP contribution in [0.2, 0.25) is 5.02 Å². The molecule has 6 heteroatoms. The van der Waals surface area contributed by atoms with Crippen molar-refractivity contribution in [2.75, 3.05) is 18.8 Å². The number of amides is 1. The van der Waals surface area contributed by atoms with Crippen LogP contribution in [0.3, 0.4) is 0 Å². The van der Waals surface area contributed by atoms with E-state index in [9.17, 15) is 4.79 Å². The Balaban J connectivity index is 1.74. The lowest BCUT2D eigenvalue weighted by atomic mass is 10.0. The van der Waals surface area contributed by atoms with Gasteiger partial charge in [0.05, 0.1) is 16.8 Å². The van der Waals surface area contributed by atoms with Crippen molar-refractivity contribution in [2.24, 2.45) is 5.92 Å². The highest BCUT2D eigenvalue weighted by atomic mass is 35.5. The summed E-state index contributed by atoms with van der Waals surface area (Å²) in [5.74, 6) is 1.28. The van der Waals surface area contributed by atoms with Gasteiger partial charge in [0.25, 0.3) is 0 Å². The van der Waals surface area contributed by atoms with Gasteiger partial charge in [0.2, 0.25) is 5.91 Å². The molecule has 1 aliphatic rings. The molecule has 2 heterocycles. The normalized spacial score (nSPS) is 18.3. The summed E-state index contributed by atoms with van der Waals surface area (Å²) in [7, 11) is 0. The first kappa shape index (κ1) is 17.6. The van der Waals surface area contributed by atoms with Crippen LogP contribution in [0.1, 0.15) is 33.1 Å². The van der Waals surface area contributed by atoms with Gasteiger partial charge in [-0.05, 0) is 43.4 Å². The molecule has 3 rings (SSSR count). The van der Waals surface area contributed by atoms with E-state index in [-0.39, 0.29) is 5.91 Å². The molecule has 0 N–H and O–H groups in total. The van der Waals surface area contributed by atoms with Crippen LogP contribution < -0.4 is 0 Å². The zero-order valence-corrected chi connectivity index (χ0v) is 15.9. The van der Waals surface area contributed by atoms with Crippen molar-refractivity contribution in [1.29, 1.82) is 0 Å². The van der Waals surface area contributed by atoms with Gasteiger partial charge >= 0.3 is 0 Å². The Morgan fingerprint density at radius 2 is 2.29 bits per heavy atom. The van der Waals surface area contributed by atoms with Gasteiger partial charge in [-0.3, -0.25) is 4.79 Å². The van der Waals surface area contributed by atoms with Crippen molar-refractivity contribution in [3.8, 4) is 0 Å². The number of fused-ring (bicyclic) bond motifs is 1. The lowest BCUT2D eigenvalue weighted by molar-refractivity contribution is -0.130. The molecule has 1 aliphatic heterocycles. The molecule has 1 amide bonds. The maximum Gasteiger partial charge on any atom is 0.233 e. The Labute approximate surface area is 152 Å². The third kappa shape index (κ3) is 3.89. The van der Waals surface area contributed by atoms with Crippen molar-refractivity contribution in [1.82, 2.24) is 14.5 Å². The third-order valence-electron chi connectivity index (χ3n) is 4.46. The molecule has 0 aliphatic carbocycles. The second-order valence-corrected chi connectivity index (χ2v) is 7.93. The van der Waals surface area contributed by atoms with Crippen LogP contribution in [0.4, 0.5) is 0 Å². The number of halogens is 1. The molecule has 2 aromatic rings. The number of benzene rings is 1. The maximum absolute atomic E-state index is 12.5. The Kier molecular flexibility index (Phi) is 5.72. The molecule has 0 saturated carbocycles. The first-order valence-electron chi connectivity index (χ1n) is 8.65. The van der Waals surface area contributed by atoms with Crippen LogP contribution in [0.5, 0.6) is 0 Å². The highest BCUT2D eigenvalue weighted by molar-refractivity contribution is 7.99. The Bertz CT molecular complexity index is 730. The molecule has 1 atom stereocenters. The fourth-order valence-electron chi connectivity index (χ4n) is 3.26. The summed E-state index contributed by atoms with van der Waals surface area (Å²) in [6.45, 7) is 7.05. The molecule has 1 fully saturated rings. The molecule has 1 aromatic heterocycles. The number of hydrogen-bond acceptors (Lipinski definition) is 3. The molecule has 1 unspecified atom stereocenters. The molecule has 1 aromatic carbocycles. The molecule has 24 heavy (non-hydrogen) atoms. The van der Waals surface area contributed by atoms with E-state index in [1.807, 2.05) is 23.1 Å². The summed E-state index contributed by atoms with van der Waals surface area (Å²) >= 11 is 7.62. The monoisotopic (exact) mass is 365 g/mol. The average Bonchev–Trinajstić information content (AvgIpc) is 2.90. The zero-order valence-electron chi connectivity index (χ0n) is 14.3. The van der Waals surface area contributed by atoms with Crippen LogP contribution in [-0.2, 0) is 11.3 Å². The summed E-state index contributed by atoms with van der Waals surface area (Å²) in [5.41, 5.74) is 1.99. The second kappa shape index (κ2) is 7.79. The average molecular weight is 366 g/mol. The van der Waals surface area contributed by atoms with Crippen LogP contribution >= 0.6 is 23.4 Å². The van der Waals surface area contributed by atoms with E-state index in [4.69, 9.17) is 16.6 Å². The van der Waals surface area contributed by atoms with Crippen LogP contribution in [0, 0.1) is 5.92 Å². The molecule has 1 saturated heterocycles. The van der Waals surface area contributed by atoms with Gasteiger partial charge in [0, 0.05) is 24.7 Å². The predicted octanol–water partition coefficient (Wildman–Crippen LogP) is 4.45. The summed E-state index contributed by atoms with van der Waals surface area (Å²) in [6.07, 6.45) is 3.37. The van der Waals surface area contributed by atoms with Crippen LogP contribution in [-0.4, -0.2) is 39.2 Å². The minimum atomic E-state index is 0.222. The van der Waals surface area contributed by atoms with Crippen molar-refractivity contribution in [2.45, 2.75) is 44.8 Å². The van der Waals surface area contributed by atoms with Crippen LogP contribution in [0.25, 0.3) is 11.0 Å². The number of nitrogens with zero attached hydrogens (tertiary/aromatic N) is 3. The zero-order chi connectivity index (χ0) is 17.1. The number of aryl methyl sites for hydroxylation is 1. The van der Waals surface area contributed by atoms with E-state index >= 15 is 0 Å². The number of carbonyl (C=O) groups is 1. The lowest BCUT2D eigenvalue weighted by Crippen LogP contribution is -2.40. The molecule has 0 radical (unpaired) electrons. The quantitative estimate of drug-likeness (QED) is 0.734. The summed E-state index contributed by atoms with van der Waals surface area (Å²) in [4.78, 5) is 19.2. The standard InChI is InChI=1S/C18H24ClN3OS/c1-3-8-22-16-7-6-14(19)10-15(16)20-18(22)24-12-17(23)21-9-4-5-13(2)11-21/h6-7,10,13H,3-5,8-9,11-12H2,1-2H3. The van der Waals surface area contributed by atoms with Crippen molar-refractivity contribution >= 4 is 40.3 Å². The van der Waals surface area contributed by atoms with Gasteiger partial charge < -0.3 is 9.47 Å². The van der Waals surface area contributed by atoms with Gasteiger partial charge in [-0.1, -0.05) is 37.2 Å². The topological polar surface area (TPSA) is 38.1 Å². The fourth-order valence-corrected chi connectivity index (χ4v) is 4.37. The predicted molar refractivity (Wildman–Crippen MR) is 101 cm³/mol. The molecule has 4 nitrogen and oxygen atoms in total. The number of thioether (sulfide) groups is 1. The van der Waals surface area contributed by atoms with Gasteiger partial charge in [-0.25, -0.2) is 4.98 Å². The minimum Gasteiger partial charge on any atom is -0.342 e. The largest absolute Gasteiger partial charge is 0.342 e. The molecule has 0 spiro atoms. The Hall–Kier alpha value is -1.20. The fraction of sp³-hybridized carbons (Fsp3) is 0.556. The van der Waals surface area contributed by atoms with Crippen LogP contribution in [0.15, 0.2) is 23.4 Å². The first-order chi connectivity index (χ1) is 11.6. The summed E-state index contributed by atoms with van der Waals surface area (Å²) < 4.78 is 2.20. The Morgan fingerprint density at radius 1 is 1.46 bits per heavy atom. The number of rotatable bonds is 5. The highest BCUT2D eigenvalue weighted by Gasteiger charge is 2.21. The third-order valence-corrected chi connectivity index (χ3v) is 5.65. The molecular weight excluding hydrogens is 342 g/mol. The van der Waals surface area contributed by atoms with E-state index in [0.29, 0.717) is 16.7 Å². The molecule has 0 bridgehead atoms. The minimum absolute atomic E-state index is 0.222. The van der Waals surface area contributed by atoms with Crippen molar-refractivity contribution < 1.29 is 4.79 Å². The highest BCUT2D eigenvalue weighted by Crippen LogP contribution is 2.27. The van der Waals surface area contributed by atoms with Gasteiger partial charge in [0.1, 0.15) is 0 Å². The number of likely N-dealkylation sites (tertiary alicyclic amines) is 1. The van der Waals surface area contributed by atoms with E-state index in [1.54, 1.807) is 0 Å². The van der Waals surface area contributed by atoms with E-state index in [1.165, 1.54) is 18.2 Å². The van der Waals surface area contributed by atoms with Crippen molar-refractivity contribution in [3.63, 3.8) is 0 Å². The van der Waals surface area contributed by atoms with Crippen molar-refractivity contribution in [3.05, 3.63) is 23.2 Å². The number of aromatic nitrogens is 2. The van der Waals surface area contributed by atoms with E-state index < -0.39 is 0 Å². The summed E-state index contributed by atoms with van der Waals surface area (Å²) in [6, 6.07) is 5.80. The maximum atomic E-state index is 12.5. The lowest BCUT2D eigenvalue weighted by Gasteiger charge is -2.30. The molecule has 130 valence electrons. The van der Waals surface area contributed by atoms with E-state index in [0.717, 1.165) is 48.7 Å². The second-order valence-electron chi connectivity index (χ2n) is 6.55. The molecular formula is C18H24ClN3OS. The first-order valence-corrected chi connectivity index (χ1v) is 10.0. The van der Waals surface area contributed by atoms with Gasteiger partial charge in [-0.15, -0.1) is 0 Å². The number of carbonyl (C=O) groups excluding carboxylic acids is 1. The number of piperidine rings is 1.